The molecule has 3 aromatic rings. The summed E-state index contributed by atoms with van der Waals surface area (Å²) in [5.41, 5.74) is 3.56. The van der Waals surface area contributed by atoms with Crippen molar-refractivity contribution in [2.45, 2.75) is 46.3 Å². The largest absolute Gasteiger partial charge is 0.494 e. The molecule has 0 unspecified atom stereocenters. The van der Waals surface area contributed by atoms with Crippen LogP contribution in [0.2, 0.25) is 0 Å². The van der Waals surface area contributed by atoms with Crippen LogP contribution in [-0.4, -0.2) is 57.7 Å². The van der Waals surface area contributed by atoms with Gasteiger partial charge in [0.25, 0.3) is 5.91 Å². The van der Waals surface area contributed by atoms with E-state index in [9.17, 15) is 4.79 Å². The minimum absolute atomic E-state index is 0.0956. The molecular weight excluding hydrogens is 496 g/mol. The number of aromatic nitrogens is 2. The summed E-state index contributed by atoms with van der Waals surface area (Å²) in [5.74, 6) is 1.22. The third-order valence-electron chi connectivity index (χ3n) is 6.44. The maximum Gasteiger partial charge on any atom is 0.286 e. The molecule has 0 spiro atoms. The minimum atomic E-state index is -0.218. The van der Waals surface area contributed by atoms with Gasteiger partial charge in [-0.2, -0.15) is 10.1 Å². The van der Waals surface area contributed by atoms with Crippen LogP contribution >= 0.6 is 11.8 Å². The summed E-state index contributed by atoms with van der Waals surface area (Å²) in [6, 6.07) is 18.0. The third-order valence-corrected chi connectivity index (χ3v) is 7.49. The molecule has 1 amide bonds. The molecule has 2 aliphatic rings. The molecule has 38 heavy (non-hydrogen) atoms. The molecule has 0 radical (unpaired) electrons. The second kappa shape index (κ2) is 11.6. The van der Waals surface area contributed by atoms with Gasteiger partial charge in [-0.3, -0.25) is 4.79 Å². The number of amides is 1. The first-order valence-electron chi connectivity index (χ1n) is 13.2. The van der Waals surface area contributed by atoms with E-state index in [4.69, 9.17) is 14.6 Å². The van der Waals surface area contributed by atoms with Gasteiger partial charge >= 0.3 is 0 Å². The van der Waals surface area contributed by atoms with Crippen molar-refractivity contribution in [3.8, 4) is 22.7 Å². The molecule has 5 rings (SSSR count). The lowest BCUT2D eigenvalue weighted by Crippen LogP contribution is -2.47. The molecule has 2 aliphatic heterocycles. The maximum absolute atomic E-state index is 12.9. The molecule has 3 heterocycles. The van der Waals surface area contributed by atoms with Crippen LogP contribution in [0.15, 0.2) is 70.7 Å². The van der Waals surface area contributed by atoms with Gasteiger partial charge in [-0.1, -0.05) is 32.0 Å². The van der Waals surface area contributed by atoms with Crippen molar-refractivity contribution in [1.82, 2.24) is 14.7 Å². The van der Waals surface area contributed by atoms with Gasteiger partial charge in [0.05, 0.1) is 35.1 Å². The van der Waals surface area contributed by atoms with E-state index in [-0.39, 0.29) is 18.1 Å². The molecule has 2 aromatic carbocycles. The number of nitrogens with zero attached hydrogens (tertiary/aromatic N) is 4. The van der Waals surface area contributed by atoms with E-state index in [2.05, 4.69) is 23.7 Å². The first-order valence-corrected chi connectivity index (χ1v) is 14.0. The van der Waals surface area contributed by atoms with Gasteiger partial charge < -0.3 is 14.4 Å². The van der Waals surface area contributed by atoms with Crippen molar-refractivity contribution in [2.24, 2.45) is 10.9 Å². The molecule has 0 N–H and O–H groups in total. The molecule has 198 valence electrons. The van der Waals surface area contributed by atoms with Crippen LogP contribution in [0.4, 0.5) is 0 Å². The standard InChI is InChI=1S/C30H34N4O3S/c1-20(2)14-15-36-26-12-10-23(11-13-26)28-24(19-34(32-28)25-8-6-5-7-9-25)16-27-29(35)31-30(38-27)33-17-21(3)37-22(4)18-33/h5-13,16,19-22H,14-15,17-18H2,1-4H3/b27-16+/t21-,22-/m0/s1. The Hall–Kier alpha value is -3.36. The SMILES string of the molecule is CC(C)CCOc1ccc(-c2nn(-c3ccccc3)cc2/C=C2/SC(N3C[C@H](C)O[C@@H](C)C3)=NC2=O)cc1. The average molecular weight is 531 g/mol. The van der Waals surface area contributed by atoms with Crippen molar-refractivity contribution in [2.75, 3.05) is 19.7 Å². The summed E-state index contributed by atoms with van der Waals surface area (Å²) >= 11 is 1.42. The van der Waals surface area contributed by atoms with Crippen molar-refractivity contribution >= 4 is 28.9 Å². The van der Waals surface area contributed by atoms with Crippen LogP contribution < -0.4 is 4.74 Å². The number of hydrogen-bond acceptors (Lipinski definition) is 6. The summed E-state index contributed by atoms with van der Waals surface area (Å²) in [4.78, 5) is 20.1. The van der Waals surface area contributed by atoms with Crippen molar-refractivity contribution in [3.05, 3.63) is 71.3 Å². The van der Waals surface area contributed by atoms with Gasteiger partial charge in [0.1, 0.15) is 5.75 Å². The molecular formula is C30H34N4O3S. The Morgan fingerprint density at radius 1 is 1.08 bits per heavy atom. The van der Waals surface area contributed by atoms with E-state index in [1.165, 1.54) is 11.8 Å². The van der Waals surface area contributed by atoms with E-state index in [1.54, 1.807) is 0 Å². The lowest BCUT2D eigenvalue weighted by atomic mass is 10.1. The lowest BCUT2D eigenvalue weighted by Gasteiger charge is -2.35. The Morgan fingerprint density at radius 3 is 2.47 bits per heavy atom. The number of benzene rings is 2. The first-order chi connectivity index (χ1) is 18.4. The highest BCUT2D eigenvalue weighted by molar-refractivity contribution is 8.18. The normalized spacial score (nSPS) is 20.9. The van der Waals surface area contributed by atoms with Gasteiger partial charge in [0.15, 0.2) is 5.17 Å². The second-order valence-electron chi connectivity index (χ2n) is 10.2. The van der Waals surface area contributed by atoms with Crippen molar-refractivity contribution < 1.29 is 14.3 Å². The van der Waals surface area contributed by atoms with Crippen LogP contribution in [0, 0.1) is 5.92 Å². The Kier molecular flexibility index (Phi) is 8.00. The number of thioether (sulfide) groups is 1. The quantitative estimate of drug-likeness (QED) is 0.347. The van der Waals surface area contributed by atoms with E-state index >= 15 is 0 Å². The second-order valence-corrected chi connectivity index (χ2v) is 11.3. The fraction of sp³-hybridized carbons (Fsp3) is 0.367. The number of carbonyl (C=O) groups is 1. The van der Waals surface area contributed by atoms with Crippen LogP contribution in [0.25, 0.3) is 23.0 Å². The predicted octanol–water partition coefficient (Wildman–Crippen LogP) is 6.04. The number of hydrogen-bond donors (Lipinski definition) is 0. The maximum atomic E-state index is 12.9. The van der Waals surface area contributed by atoms with E-state index in [0.717, 1.165) is 52.9 Å². The molecule has 0 aliphatic carbocycles. The fourth-order valence-electron chi connectivity index (χ4n) is 4.56. The summed E-state index contributed by atoms with van der Waals surface area (Å²) in [7, 11) is 0. The molecule has 1 saturated heterocycles. The number of aliphatic imine (C=N–C) groups is 1. The van der Waals surface area contributed by atoms with Gasteiger partial charge in [0.2, 0.25) is 0 Å². The highest BCUT2D eigenvalue weighted by atomic mass is 32.2. The lowest BCUT2D eigenvalue weighted by molar-refractivity contribution is -0.113. The fourth-order valence-corrected chi connectivity index (χ4v) is 5.48. The number of ether oxygens (including phenoxy) is 2. The van der Waals surface area contributed by atoms with Crippen LogP contribution in [-0.2, 0) is 9.53 Å². The molecule has 0 bridgehead atoms. The number of rotatable bonds is 7. The zero-order valence-corrected chi connectivity index (χ0v) is 23.1. The van der Waals surface area contributed by atoms with Crippen molar-refractivity contribution in [1.29, 1.82) is 0 Å². The minimum Gasteiger partial charge on any atom is -0.494 e. The van der Waals surface area contributed by atoms with Gasteiger partial charge in [0, 0.05) is 30.4 Å². The number of morpholine rings is 1. The van der Waals surface area contributed by atoms with Crippen LogP contribution in [0.5, 0.6) is 5.75 Å². The molecule has 2 atom stereocenters. The monoisotopic (exact) mass is 530 g/mol. The number of carbonyl (C=O) groups excluding carboxylic acids is 1. The Labute approximate surface area is 228 Å². The predicted molar refractivity (Wildman–Crippen MR) is 154 cm³/mol. The first kappa shape index (κ1) is 26.3. The summed E-state index contributed by atoms with van der Waals surface area (Å²) < 4.78 is 13.6. The Bertz CT molecular complexity index is 1320. The number of para-hydroxylation sites is 1. The molecule has 0 saturated carbocycles. The summed E-state index contributed by atoms with van der Waals surface area (Å²) in [6.07, 6.45) is 5.08. The van der Waals surface area contributed by atoms with E-state index in [0.29, 0.717) is 17.4 Å². The van der Waals surface area contributed by atoms with Crippen LogP contribution in [0.1, 0.15) is 39.7 Å². The smallest absolute Gasteiger partial charge is 0.286 e. The van der Waals surface area contributed by atoms with Gasteiger partial charge in [-0.15, -0.1) is 0 Å². The molecule has 1 aromatic heterocycles. The zero-order valence-electron chi connectivity index (χ0n) is 22.3. The molecule has 1 fully saturated rings. The van der Waals surface area contributed by atoms with E-state index < -0.39 is 0 Å². The topological polar surface area (TPSA) is 68.9 Å². The Morgan fingerprint density at radius 2 is 1.79 bits per heavy atom. The zero-order chi connectivity index (χ0) is 26.6. The summed E-state index contributed by atoms with van der Waals surface area (Å²) in [5, 5.41) is 5.65. The van der Waals surface area contributed by atoms with Gasteiger partial charge in [-0.25, -0.2) is 4.68 Å². The highest BCUT2D eigenvalue weighted by Crippen LogP contribution is 2.34. The van der Waals surface area contributed by atoms with Crippen molar-refractivity contribution in [3.63, 3.8) is 0 Å². The number of amidine groups is 1. The third kappa shape index (κ3) is 6.19. The molecule has 8 heteroatoms. The van der Waals surface area contributed by atoms with Crippen LogP contribution in [0.3, 0.4) is 0 Å². The highest BCUT2D eigenvalue weighted by Gasteiger charge is 2.31. The van der Waals surface area contributed by atoms with Gasteiger partial charge in [-0.05, 0) is 80.4 Å². The summed E-state index contributed by atoms with van der Waals surface area (Å²) in [6.45, 7) is 10.6. The molecule has 7 nitrogen and oxygen atoms in total. The average Bonchev–Trinajstić information content (AvgIpc) is 3.48. The van der Waals surface area contributed by atoms with E-state index in [1.807, 2.05) is 85.4 Å². The Balaban J connectivity index is 1.42.